The second kappa shape index (κ2) is 4.22. The van der Waals surface area contributed by atoms with Crippen LogP contribution >= 0.6 is 0 Å². The maximum atomic E-state index is 13.7. The third-order valence-corrected chi connectivity index (χ3v) is 3.52. The fourth-order valence-electron chi connectivity index (χ4n) is 2.66. The minimum absolute atomic E-state index is 0.00748. The highest BCUT2D eigenvalue weighted by molar-refractivity contribution is 4.90. The van der Waals surface area contributed by atoms with Crippen LogP contribution in [0.2, 0.25) is 0 Å². The van der Waals surface area contributed by atoms with Gasteiger partial charge in [0.25, 0.3) is 5.92 Å². The van der Waals surface area contributed by atoms with E-state index in [0.29, 0.717) is 0 Å². The largest absolute Gasteiger partial charge is 0.344 e. The lowest BCUT2D eigenvalue weighted by molar-refractivity contribution is -0.356. The molecular formula is C12H20F2O2. The summed E-state index contributed by atoms with van der Waals surface area (Å²) in [6.45, 7) is 2.90. The van der Waals surface area contributed by atoms with E-state index in [9.17, 15) is 8.78 Å². The highest BCUT2D eigenvalue weighted by atomic mass is 19.3. The quantitative estimate of drug-likeness (QED) is 0.692. The molecule has 0 bridgehead atoms. The molecule has 0 amide bonds. The molecule has 2 aliphatic rings. The van der Waals surface area contributed by atoms with E-state index < -0.39 is 24.4 Å². The van der Waals surface area contributed by atoms with E-state index in [0.717, 1.165) is 32.1 Å². The number of hydrogen-bond donors (Lipinski definition) is 0. The Labute approximate surface area is 95.3 Å². The molecule has 16 heavy (non-hydrogen) atoms. The summed E-state index contributed by atoms with van der Waals surface area (Å²) in [7, 11) is 0. The summed E-state index contributed by atoms with van der Waals surface area (Å²) in [4.78, 5) is 0. The van der Waals surface area contributed by atoms with E-state index >= 15 is 0 Å². The van der Waals surface area contributed by atoms with Crippen molar-refractivity contribution in [2.24, 2.45) is 5.92 Å². The van der Waals surface area contributed by atoms with Crippen molar-refractivity contribution in [1.82, 2.24) is 0 Å². The Morgan fingerprint density at radius 3 is 2.31 bits per heavy atom. The molecule has 0 aromatic heterocycles. The summed E-state index contributed by atoms with van der Waals surface area (Å²) in [6, 6.07) is 0. The van der Waals surface area contributed by atoms with Crippen LogP contribution in [0.25, 0.3) is 0 Å². The molecule has 0 spiro atoms. The van der Waals surface area contributed by atoms with Crippen molar-refractivity contribution in [3.8, 4) is 0 Å². The van der Waals surface area contributed by atoms with Gasteiger partial charge in [-0.3, -0.25) is 0 Å². The van der Waals surface area contributed by atoms with Crippen molar-refractivity contribution in [2.75, 3.05) is 6.61 Å². The van der Waals surface area contributed by atoms with Crippen LogP contribution in [-0.4, -0.2) is 24.4 Å². The molecule has 0 N–H and O–H groups in total. The standard InChI is InChI=1S/C12H20F2O2/c1-11(2)15-8-12(13,14)10(16-11)9-6-4-3-5-7-9/h9-10H,3-8H2,1-2H3. The molecule has 2 fully saturated rings. The first kappa shape index (κ1) is 12.2. The molecule has 1 saturated carbocycles. The second-order valence-corrected chi connectivity index (χ2v) is 5.39. The van der Waals surface area contributed by atoms with Gasteiger partial charge >= 0.3 is 0 Å². The van der Waals surface area contributed by atoms with E-state index in [-0.39, 0.29) is 5.92 Å². The molecule has 0 aromatic rings. The maximum Gasteiger partial charge on any atom is 0.296 e. The maximum absolute atomic E-state index is 13.7. The summed E-state index contributed by atoms with van der Waals surface area (Å²) in [6.07, 6.45) is 4.00. The predicted octanol–water partition coefficient (Wildman–Crippen LogP) is 3.35. The smallest absolute Gasteiger partial charge is 0.296 e. The van der Waals surface area contributed by atoms with Gasteiger partial charge in [-0.25, -0.2) is 8.78 Å². The normalized spacial score (nSPS) is 34.9. The van der Waals surface area contributed by atoms with Gasteiger partial charge in [-0.2, -0.15) is 0 Å². The molecule has 1 atom stereocenters. The minimum atomic E-state index is -2.84. The lowest BCUT2D eigenvalue weighted by Gasteiger charge is -2.44. The third-order valence-electron chi connectivity index (χ3n) is 3.52. The monoisotopic (exact) mass is 234 g/mol. The molecule has 0 radical (unpaired) electrons. The molecular weight excluding hydrogens is 214 g/mol. The van der Waals surface area contributed by atoms with Crippen LogP contribution in [0, 0.1) is 5.92 Å². The molecule has 94 valence electrons. The zero-order valence-corrected chi connectivity index (χ0v) is 9.97. The van der Waals surface area contributed by atoms with Crippen LogP contribution < -0.4 is 0 Å². The van der Waals surface area contributed by atoms with E-state index in [2.05, 4.69) is 0 Å². The fourth-order valence-corrected chi connectivity index (χ4v) is 2.66. The summed E-state index contributed by atoms with van der Waals surface area (Å²) in [5.74, 6) is -3.71. The average molecular weight is 234 g/mol. The Kier molecular flexibility index (Phi) is 3.23. The highest BCUT2D eigenvalue weighted by Gasteiger charge is 2.52. The van der Waals surface area contributed by atoms with Gasteiger partial charge in [-0.1, -0.05) is 19.3 Å². The van der Waals surface area contributed by atoms with Crippen molar-refractivity contribution < 1.29 is 18.3 Å². The van der Waals surface area contributed by atoms with Gasteiger partial charge in [0, 0.05) is 0 Å². The van der Waals surface area contributed by atoms with E-state index in [1.165, 1.54) is 0 Å². The molecule has 0 aromatic carbocycles. The Bertz CT molecular complexity index is 247. The lowest BCUT2D eigenvalue weighted by atomic mass is 9.82. The van der Waals surface area contributed by atoms with Crippen molar-refractivity contribution in [2.45, 2.75) is 63.8 Å². The number of hydrogen-bond acceptors (Lipinski definition) is 2. The van der Waals surface area contributed by atoms with Crippen LogP contribution in [0.3, 0.4) is 0 Å². The van der Waals surface area contributed by atoms with Gasteiger partial charge in [-0.15, -0.1) is 0 Å². The van der Waals surface area contributed by atoms with E-state index in [1.807, 2.05) is 0 Å². The predicted molar refractivity (Wildman–Crippen MR) is 56.4 cm³/mol. The van der Waals surface area contributed by atoms with Crippen molar-refractivity contribution in [3.63, 3.8) is 0 Å². The number of ether oxygens (including phenoxy) is 2. The first-order valence-corrected chi connectivity index (χ1v) is 6.10. The first-order chi connectivity index (χ1) is 7.41. The highest BCUT2D eigenvalue weighted by Crippen LogP contribution is 2.41. The van der Waals surface area contributed by atoms with Crippen molar-refractivity contribution in [1.29, 1.82) is 0 Å². The van der Waals surface area contributed by atoms with E-state index in [4.69, 9.17) is 9.47 Å². The SMILES string of the molecule is CC1(C)OCC(F)(F)C(C2CCCCC2)O1. The molecule has 1 aliphatic carbocycles. The fraction of sp³-hybridized carbons (Fsp3) is 1.00. The van der Waals surface area contributed by atoms with Crippen LogP contribution in [0.4, 0.5) is 8.78 Å². The minimum Gasteiger partial charge on any atom is -0.344 e. The molecule has 1 saturated heterocycles. The third kappa shape index (κ3) is 2.54. The summed E-state index contributed by atoms with van der Waals surface area (Å²) < 4.78 is 38.0. The van der Waals surface area contributed by atoms with Crippen molar-refractivity contribution in [3.05, 3.63) is 0 Å². The van der Waals surface area contributed by atoms with Gasteiger partial charge in [-0.05, 0) is 32.6 Å². The van der Waals surface area contributed by atoms with Gasteiger partial charge in [0.05, 0.1) is 0 Å². The number of alkyl halides is 2. The van der Waals surface area contributed by atoms with E-state index in [1.54, 1.807) is 13.8 Å². The molecule has 1 aliphatic heterocycles. The second-order valence-electron chi connectivity index (χ2n) is 5.39. The molecule has 2 rings (SSSR count). The van der Waals surface area contributed by atoms with Crippen LogP contribution in [0.1, 0.15) is 46.0 Å². The molecule has 2 nitrogen and oxygen atoms in total. The van der Waals surface area contributed by atoms with Crippen molar-refractivity contribution >= 4 is 0 Å². The first-order valence-electron chi connectivity index (χ1n) is 6.10. The number of rotatable bonds is 1. The van der Waals surface area contributed by atoms with Crippen LogP contribution in [0.15, 0.2) is 0 Å². The van der Waals surface area contributed by atoms with Crippen LogP contribution in [-0.2, 0) is 9.47 Å². The summed E-state index contributed by atoms with van der Waals surface area (Å²) >= 11 is 0. The average Bonchev–Trinajstić information content (AvgIpc) is 2.24. The Balaban J connectivity index is 2.08. The summed E-state index contributed by atoms with van der Waals surface area (Å²) in [5, 5.41) is 0. The van der Waals surface area contributed by atoms with Crippen LogP contribution in [0.5, 0.6) is 0 Å². The molecule has 1 heterocycles. The Morgan fingerprint density at radius 2 is 1.69 bits per heavy atom. The number of halogens is 2. The van der Waals surface area contributed by atoms with Gasteiger partial charge in [0.1, 0.15) is 12.7 Å². The Hall–Kier alpha value is -0.220. The zero-order chi connectivity index (χ0) is 11.8. The molecule has 1 unspecified atom stereocenters. The lowest BCUT2D eigenvalue weighted by Crippen LogP contribution is -2.56. The van der Waals surface area contributed by atoms with Gasteiger partial charge in [0.2, 0.25) is 0 Å². The zero-order valence-electron chi connectivity index (χ0n) is 9.97. The van der Waals surface area contributed by atoms with Gasteiger partial charge < -0.3 is 9.47 Å². The summed E-state index contributed by atoms with van der Waals surface area (Å²) in [5.41, 5.74) is 0. The molecule has 4 heteroatoms. The Morgan fingerprint density at radius 1 is 1.06 bits per heavy atom. The topological polar surface area (TPSA) is 18.5 Å². The van der Waals surface area contributed by atoms with Gasteiger partial charge in [0.15, 0.2) is 5.79 Å².